The molecule has 2 N–H and O–H groups in total. The van der Waals surface area contributed by atoms with Crippen LogP contribution < -0.4 is 9.47 Å². The minimum absolute atomic E-state index is 0.0173. The van der Waals surface area contributed by atoms with Gasteiger partial charge in [-0.05, 0) is 59.1 Å². The fourth-order valence-corrected chi connectivity index (χ4v) is 5.07. The fourth-order valence-electron chi connectivity index (χ4n) is 5.07. The van der Waals surface area contributed by atoms with Crippen LogP contribution in [0, 0.1) is 0 Å². The molecular weight excluding hydrogens is 400 g/mol. The van der Waals surface area contributed by atoms with E-state index in [-0.39, 0.29) is 18.6 Å². The van der Waals surface area contributed by atoms with Gasteiger partial charge in [-0.3, -0.25) is 0 Å². The quantitative estimate of drug-likeness (QED) is 0.481. The molecule has 176 valence electrons. The van der Waals surface area contributed by atoms with Crippen LogP contribution >= 0.6 is 0 Å². The maximum absolute atomic E-state index is 9.20. The van der Waals surface area contributed by atoms with Gasteiger partial charge < -0.3 is 19.7 Å². The Balaban J connectivity index is 2.09. The molecule has 0 saturated heterocycles. The van der Waals surface area contributed by atoms with Crippen molar-refractivity contribution in [3.63, 3.8) is 0 Å². The van der Waals surface area contributed by atoms with Crippen molar-refractivity contribution in [2.45, 2.75) is 77.0 Å². The summed E-state index contributed by atoms with van der Waals surface area (Å²) in [5.41, 5.74) is 5.10. The van der Waals surface area contributed by atoms with Crippen LogP contribution in [0.25, 0.3) is 0 Å². The molecule has 1 aliphatic rings. The van der Waals surface area contributed by atoms with Crippen LogP contribution in [-0.2, 0) is 5.41 Å². The average Bonchev–Trinajstić information content (AvgIpc) is 2.81. The first-order valence-corrected chi connectivity index (χ1v) is 12.2. The molecule has 0 atom stereocenters. The zero-order valence-electron chi connectivity index (χ0n) is 20.2. The van der Waals surface area contributed by atoms with Crippen LogP contribution in [-0.4, -0.2) is 36.6 Å². The van der Waals surface area contributed by atoms with E-state index < -0.39 is 0 Å². The fraction of sp³-hybridized carbons (Fsp3) is 0.571. The van der Waals surface area contributed by atoms with E-state index in [1.165, 1.54) is 41.5 Å². The highest BCUT2D eigenvalue weighted by molar-refractivity contribution is 5.50. The van der Waals surface area contributed by atoms with Crippen molar-refractivity contribution in [1.29, 1.82) is 0 Å². The normalized spacial score (nSPS) is 15.9. The largest absolute Gasteiger partial charge is 0.491 e. The van der Waals surface area contributed by atoms with E-state index in [0.29, 0.717) is 25.0 Å². The highest BCUT2D eigenvalue weighted by atomic mass is 16.5. The summed E-state index contributed by atoms with van der Waals surface area (Å²) in [6, 6.07) is 13.3. The molecule has 0 bridgehead atoms. The van der Waals surface area contributed by atoms with Crippen molar-refractivity contribution in [3.05, 3.63) is 58.7 Å². The summed E-state index contributed by atoms with van der Waals surface area (Å²) in [7, 11) is 0. The summed E-state index contributed by atoms with van der Waals surface area (Å²) in [6.07, 6.45) is 6.00. The molecule has 2 aromatic carbocycles. The number of hydrogen-bond donors (Lipinski definition) is 2. The van der Waals surface area contributed by atoms with Gasteiger partial charge in [-0.1, -0.05) is 71.2 Å². The number of aliphatic hydroxyl groups is 2. The molecular formula is C28H40O4. The van der Waals surface area contributed by atoms with E-state index in [0.717, 1.165) is 24.3 Å². The first kappa shape index (κ1) is 24.6. The van der Waals surface area contributed by atoms with Crippen LogP contribution in [0.5, 0.6) is 11.5 Å². The number of benzene rings is 2. The molecule has 1 fully saturated rings. The first-order valence-electron chi connectivity index (χ1n) is 12.2. The van der Waals surface area contributed by atoms with Gasteiger partial charge in [0.2, 0.25) is 0 Å². The molecule has 3 rings (SSSR count). The number of rotatable bonds is 10. The lowest BCUT2D eigenvalue weighted by atomic mass is 9.64. The monoisotopic (exact) mass is 440 g/mol. The van der Waals surface area contributed by atoms with Crippen LogP contribution in [0.4, 0.5) is 0 Å². The Morgan fingerprint density at radius 1 is 0.719 bits per heavy atom. The highest BCUT2D eigenvalue weighted by Gasteiger charge is 2.37. The molecule has 0 amide bonds. The molecule has 0 aliphatic heterocycles. The zero-order valence-corrected chi connectivity index (χ0v) is 20.2. The molecule has 0 heterocycles. The SMILES string of the molecule is CC(C)c1cc(C2(c3ccc(OCCO)c(C(C)C)c3)CCCCC2)ccc1OCCO. The molecule has 4 heteroatoms. The molecule has 1 aliphatic carbocycles. The van der Waals surface area contributed by atoms with Crippen LogP contribution in [0.2, 0.25) is 0 Å². The van der Waals surface area contributed by atoms with Gasteiger partial charge in [0, 0.05) is 5.41 Å². The molecule has 2 aromatic rings. The van der Waals surface area contributed by atoms with Gasteiger partial charge in [-0.25, -0.2) is 0 Å². The Labute approximate surface area is 193 Å². The zero-order chi connectivity index (χ0) is 23.1. The van der Waals surface area contributed by atoms with Crippen molar-refractivity contribution in [2.24, 2.45) is 0 Å². The summed E-state index contributed by atoms with van der Waals surface area (Å²) < 4.78 is 11.7. The third-order valence-corrected chi connectivity index (χ3v) is 6.77. The van der Waals surface area contributed by atoms with E-state index in [1.54, 1.807) is 0 Å². The molecule has 0 unspecified atom stereocenters. The van der Waals surface area contributed by atoms with Gasteiger partial charge in [0.05, 0.1) is 13.2 Å². The third-order valence-electron chi connectivity index (χ3n) is 6.77. The van der Waals surface area contributed by atoms with Gasteiger partial charge in [0.15, 0.2) is 0 Å². The van der Waals surface area contributed by atoms with E-state index in [9.17, 15) is 10.2 Å². The summed E-state index contributed by atoms with van der Waals surface area (Å²) in [6.45, 7) is 9.46. The predicted octanol–water partition coefficient (Wildman–Crippen LogP) is 5.93. The van der Waals surface area contributed by atoms with Gasteiger partial charge in [0.1, 0.15) is 24.7 Å². The van der Waals surface area contributed by atoms with E-state index in [4.69, 9.17) is 9.47 Å². The van der Waals surface area contributed by atoms with E-state index >= 15 is 0 Å². The maximum atomic E-state index is 9.20. The summed E-state index contributed by atoms with van der Waals surface area (Å²) in [4.78, 5) is 0. The Morgan fingerprint density at radius 2 is 1.16 bits per heavy atom. The highest BCUT2D eigenvalue weighted by Crippen LogP contribution is 2.47. The summed E-state index contributed by atoms with van der Waals surface area (Å²) in [5.74, 6) is 2.42. The predicted molar refractivity (Wildman–Crippen MR) is 130 cm³/mol. The van der Waals surface area contributed by atoms with E-state index in [1.807, 2.05) is 0 Å². The second kappa shape index (κ2) is 11.2. The van der Waals surface area contributed by atoms with Crippen molar-refractivity contribution < 1.29 is 19.7 Å². The Morgan fingerprint density at radius 3 is 1.53 bits per heavy atom. The van der Waals surface area contributed by atoms with Crippen LogP contribution in [0.15, 0.2) is 36.4 Å². The van der Waals surface area contributed by atoms with Crippen molar-refractivity contribution in [2.75, 3.05) is 26.4 Å². The van der Waals surface area contributed by atoms with Crippen LogP contribution in [0.3, 0.4) is 0 Å². The lowest BCUT2D eigenvalue weighted by Gasteiger charge is -2.39. The minimum atomic E-state index is -0.0173. The summed E-state index contributed by atoms with van der Waals surface area (Å²) in [5, 5.41) is 18.4. The Kier molecular flexibility index (Phi) is 8.61. The average molecular weight is 441 g/mol. The molecule has 0 radical (unpaired) electrons. The van der Waals surface area contributed by atoms with Crippen molar-refractivity contribution >= 4 is 0 Å². The molecule has 0 spiro atoms. The first-order chi connectivity index (χ1) is 15.4. The number of hydrogen-bond acceptors (Lipinski definition) is 4. The third kappa shape index (κ3) is 5.29. The van der Waals surface area contributed by atoms with E-state index in [2.05, 4.69) is 64.1 Å². The standard InChI is InChI=1S/C28H40O4/c1-20(2)24-18-22(8-10-26(24)31-16-14-29)28(12-6-5-7-13-28)23-9-11-27(32-17-15-30)25(19-23)21(3)4/h8-11,18-21,29-30H,5-7,12-17H2,1-4H3. The van der Waals surface area contributed by atoms with Crippen molar-refractivity contribution in [1.82, 2.24) is 0 Å². The maximum Gasteiger partial charge on any atom is 0.122 e. The Hall–Kier alpha value is -2.04. The van der Waals surface area contributed by atoms with Gasteiger partial charge in [-0.2, -0.15) is 0 Å². The minimum Gasteiger partial charge on any atom is -0.491 e. The lowest BCUT2D eigenvalue weighted by Crippen LogP contribution is -2.31. The molecule has 32 heavy (non-hydrogen) atoms. The number of aliphatic hydroxyl groups excluding tert-OH is 2. The molecule has 0 aromatic heterocycles. The topological polar surface area (TPSA) is 58.9 Å². The second-order valence-electron chi connectivity index (χ2n) is 9.60. The van der Waals surface area contributed by atoms with Gasteiger partial charge in [-0.15, -0.1) is 0 Å². The Bertz CT molecular complexity index is 800. The lowest BCUT2D eigenvalue weighted by molar-refractivity contribution is 0.199. The second-order valence-corrected chi connectivity index (χ2v) is 9.60. The smallest absolute Gasteiger partial charge is 0.122 e. The van der Waals surface area contributed by atoms with Crippen molar-refractivity contribution in [3.8, 4) is 11.5 Å². The van der Waals surface area contributed by atoms with Crippen LogP contribution in [0.1, 0.15) is 93.9 Å². The van der Waals surface area contributed by atoms with Gasteiger partial charge in [0.25, 0.3) is 0 Å². The van der Waals surface area contributed by atoms with Gasteiger partial charge >= 0.3 is 0 Å². The molecule has 4 nitrogen and oxygen atoms in total. The summed E-state index contributed by atoms with van der Waals surface area (Å²) >= 11 is 0. The number of ether oxygens (including phenoxy) is 2. The molecule has 1 saturated carbocycles.